The average Bonchev–Trinajstić information content (AvgIpc) is 2.84. The van der Waals surface area contributed by atoms with Gasteiger partial charge in [0, 0.05) is 10.6 Å². The molecule has 1 aliphatic heterocycles. The molecule has 116 valence electrons. The maximum Gasteiger partial charge on any atom is 0.380 e. The van der Waals surface area contributed by atoms with E-state index in [2.05, 4.69) is 0 Å². The maximum atomic E-state index is 12.1. The first-order valence-electron chi connectivity index (χ1n) is 6.98. The second kappa shape index (κ2) is 5.89. The van der Waals surface area contributed by atoms with Gasteiger partial charge in [0.15, 0.2) is 6.10 Å². The molecule has 0 saturated carbocycles. The number of ketones is 1. The van der Waals surface area contributed by atoms with Gasteiger partial charge in [-0.3, -0.25) is 4.79 Å². The number of carbonyl (C=O) groups excluding carboxylic acids is 2. The number of esters is 1. The van der Waals surface area contributed by atoms with Crippen molar-refractivity contribution in [3.8, 4) is 0 Å². The molecule has 1 heterocycles. The van der Waals surface area contributed by atoms with Gasteiger partial charge in [0.25, 0.3) is 5.78 Å². The van der Waals surface area contributed by atoms with Crippen LogP contribution in [0.15, 0.2) is 54.1 Å². The number of cyclic esters (lactones) is 1. The van der Waals surface area contributed by atoms with Crippen molar-refractivity contribution in [2.45, 2.75) is 13.0 Å². The van der Waals surface area contributed by atoms with Gasteiger partial charge in [-0.2, -0.15) is 0 Å². The number of hydrogen-bond donors (Lipinski definition) is 1. The molecule has 2 aromatic rings. The van der Waals surface area contributed by atoms with E-state index in [-0.39, 0.29) is 11.3 Å². The third kappa shape index (κ3) is 2.85. The van der Waals surface area contributed by atoms with Crippen molar-refractivity contribution in [1.82, 2.24) is 0 Å². The van der Waals surface area contributed by atoms with Crippen molar-refractivity contribution >= 4 is 29.1 Å². The minimum atomic E-state index is -0.974. The Morgan fingerprint density at radius 3 is 2.26 bits per heavy atom. The second-order valence-corrected chi connectivity index (χ2v) is 5.73. The molecule has 0 unspecified atom stereocenters. The van der Waals surface area contributed by atoms with E-state index in [1.54, 1.807) is 36.4 Å². The van der Waals surface area contributed by atoms with Crippen LogP contribution in [0, 0.1) is 6.92 Å². The van der Waals surface area contributed by atoms with Gasteiger partial charge in [0.1, 0.15) is 5.76 Å². The summed E-state index contributed by atoms with van der Waals surface area (Å²) in [5.41, 5.74) is 1.99. The van der Waals surface area contributed by atoms with Gasteiger partial charge in [-0.25, -0.2) is 4.79 Å². The number of carbonyl (C=O) groups is 2. The zero-order valence-electron chi connectivity index (χ0n) is 12.2. The van der Waals surface area contributed by atoms with Crippen LogP contribution in [0.3, 0.4) is 0 Å². The molecule has 5 heteroatoms. The Hall–Kier alpha value is -2.59. The van der Waals surface area contributed by atoms with Gasteiger partial charge in [-0.05, 0) is 24.6 Å². The smallest absolute Gasteiger partial charge is 0.380 e. The number of aryl methyl sites for hydroxylation is 1. The molecule has 3 rings (SSSR count). The molecule has 23 heavy (non-hydrogen) atoms. The van der Waals surface area contributed by atoms with E-state index in [9.17, 15) is 14.7 Å². The summed E-state index contributed by atoms with van der Waals surface area (Å²) in [4.78, 5) is 23.8. The number of benzene rings is 2. The molecule has 1 saturated heterocycles. The molecule has 4 nitrogen and oxygen atoms in total. The molecule has 0 spiro atoms. The predicted molar refractivity (Wildman–Crippen MR) is 86.0 cm³/mol. The SMILES string of the molecule is Cc1ccc(C(O)=C2C(=O)C(=O)O[C@@H]2c2ccc(Cl)cc2)cc1. The number of aliphatic hydroxyl groups is 1. The van der Waals surface area contributed by atoms with E-state index >= 15 is 0 Å². The van der Waals surface area contributed by atoms with Crippen molar-refractivity contribution in [2.24, 2.45) is 0 Å². The fourth-order valence-electron chi connectivity index (χ4n) is 2.42. The van der Waals surface area contributed by atoms with Gasteiger partial charge in [0.05, 0.1) is 5.57 Å². The fraction of sp³-hybridized carbons (Fsp3) is 0.111. The highest BCUT2D eigenvalue weighted by Crippen LogP contribution is 2.37. The third-order valence-corrected chi connectivity index (χ3v) is 3.92. The minimum Gasteiger partial charge on any atom is -0.507 e. The van der Waals surface area contributed by atoms with E-state index in [4.69, 9.17) is 16.3 Å². The second-order valence-electron chi connectivity index (χ2n) is 5.29. The molecule has 1 N–H and O–H groups in total. The summed E-state index contributed by atoms with van der Waals surface area (Å²) in [6, 6.07) is 13.6. The van der Waals surface area contributed by atoms with Crippen LogP contribution in [0.4, 0.5) is 0 Å². The van der Waals surface area contributed by atoms with E-state index in [0.717, 1.165) is 5.56 Å². The first-order valence-corrected chi connectivity index (χ1v) is 7.36. The van der Waals surface area contributed by atoms with Crippen LogP contribution in [0.25, 0.3) is 5.76 Å². The van der Waals surface area contributed by atoms with Crippen LogP contribution >= 0.6 is 11.6 Å². The standard InChI is InChI=1S/C18H13ClO4/c1-10-2-4-11(5-3-10)15(20)14-16(21)18(22)23-17(14)12-6-8-13(19)9-7-12/h2-9,17,20H,1H3/t17-/m1/s1. The lowest BCUT2D eigenvalue weighted by Gasteiger charge is -2.12. The van der Waals surface area contributed by atoms with Gasteiger partial charge in [-0.15, -0.1) is 0 Å². The lowest BCUT2D eigenvalue weighted by molar-refractivity contribution is -0.149. The van der Waals surface area contributed by atoms with E-state index in [1.165, 1.54) is 0 Å². The highest BCUT2D eigenvalue weighted by molar-refractivity contribution is 6.44. The van der Waals surface area contributed by atoms with Crippen molar-refractivity contribution in [1.29, 1.82) is 0 Å². The van der Waals surface area contributed by atoms with Crippen LogP contribution in [0.5, 0.6) is 0 Å². The monoisotopic (exact) mass is 328 g/mol. The van der Waals surface area contributed by atoms with Crippen LogP contribution in [-0.4, -0.2) is 16.9 Å². The van der Waals surface area contributed by atoms with Gasteiger partial charge >= 0.3 is 5.97 Å². The molecule has 0 amide bonds. The predicted octanol–water partition coefficient (Wildman–Crippen LogP) is 3.78. The van der Waals surface area contributed by atoms with E-state index < -0.39 is 17.9 Å². The molecule has 0 bridgehead atoms. The average molecular weight is 329 g/mol. The van der Waals surface area contributed by atoms with Crippen molar-refractivity contribution in [2.75, 3.05) is 0 Å². The first-order chi connectivity index (χ1) is 11.0. The Labute approximate surface area is 138 Å². The lowest BCUT2D eigenvalue weighted by Crippen LogP contribution is -2.08. The van der Waals surface area contributed by atoms with Crippen LogP contribution in [0.2, 0.25) is 5.02 Å². The molecule has 2 aromatic carbocycles. The molecule has 0 aromatic heterocycles. The maximum absolute atomic E-state index is 12.1. The Morgan fingerprint density at radius 1 is 1.04 bits per heavy atom. The Bertz CT molecular complexity index is 804. The van der Waals surface area contributed by atoms with Crippen LogP contribution in [0.1, 0.15) is 22.8 Å². The van der Waals surface area contributed by atoms with Gasteiger partial charge in [0.2, 0.25) is 0 Å². The zero-order valence-corrected chi connectivity index (χ0v) is 13.0. The molecule has 1 atom stereocenters. The summed E-state index contributed by atoms with van der Waals surface area (Å²) in [5, 5.41) is 11.0. The minimum absolute atomic E-state index is 0.0545. The highest BCUT2D eigenvalue weighted by Gasteiger charge is 2.42. The zero-order chi connectivity index (χ0) is 16.6. The number of halogens is 1. The van der Waals surface area contributed by atoms with Crippen molar-refractivity contribution in [3.05, 3.63) is 75.8 Å². The van der Waals surface area contributed by atoms with Gasteiger partial charge in [-0.1, -0.05) is 53.6 Å². The summed E-state index contributed by atoms with van der Waals surface area (Å²) in [7, 11) is 0. The van der Waals surface area contributed by atoms with Crippen LogP contribution in [-0.2, 0) is 14.3 Å². The molecule has 0 aliphatic carbocycles. The summed E-state index contributed by atoms with van der Waals surface area (Å²) in [6.45, 7) is 1.91. The molecular formula is C18H13ClO4. The van der Waals surface area contributed by atoms with Crippen molar-refractivity contribution in [3.63, 3.8) is 0 Å². The molecule has 0 radical (unpaired) electrons. The number of ether oxygens (including phenoxy) is 1. The van der Waals surface area contributed by atoms with Crippen LogP contribution < -0.4 is 0 Å². The largest absolute Gasteiger partial charge is 0.507 e. The van der Waals surface area contributed by atoms with E-state index in [1.807, 2.05) is 19.1 Å². The summed E-state index contributed by atoms with van der Waals surface area (Å²) < 4.78 is 5.13. The number of rotatable bonds is 2. The normalized spacial score (nSPS) is 19.7. The lowest BCUT2D eigenvalue weighted by atomic mass is 9.96. The molecule has 1 aliphatic rings. The topological polar surface area (TPSA) is 63.6 Å². The van der Waals surface area contributed by atoms with Crippen molar-refractivity contribution < 1.29 is 19.4 Å². The Morgan fingerprint density at radius 2 is 1.65 bits per heavy atom. The molecular weight excluding hydrogens is 316 g/mol. The number of Topliss-reactive ketones (excluding diaryl/α,β-unsaturated/α-hetero) is 1. The summed E-state index contributed by atoms with van der Waals surface area (Å²) in [6.07, 6.45) is -0.937. The number of aliphatic hydroxyl groups excluding tert-OH is 1. The first kappa shape index (κ1) is 15.3. The third-order valence-electron chi connectivity index (χ3n) is 3.67. The van der Waals surface area contributed by atoms with E-state index in [0.29, 0.717) is 16.1 Å². The molecule has 1 fully saturated rings. The highest BCUT2D eigenvalue weighted by atomic mass is 35.5. The number of hydrogen-bond acceptors (Lipinski definition) is 4. The fourth-order valence-corrected chi connectivity index (χ4v) is 2.55. The summed E-state index contributed by atoms with van der Waals surface area (Å²) in [5.74, 6) is -2.05. The quantitative estimate of drug-likeness (QED) is 0.394. The Balaban J connectivity index is 2.10. The summed E-state index contributed by atoms with van der Waals surface area (Å²) >= 11 is 5.85. The van der Waals surface area contributed by atoms with Gasteiger partial charge < -0.3 is 9.84 Å². The Kier molecular flexibility index (Phi) is 3.92.